The van der Waals surface area contributed by atoms with Gasteiger partial charge in [-0.25, -0.2) is 4.98 Å². The molecule has 4 heterocycles. The Labute approximate surface area is 186 Å². The van der Waals surface area contributed by atoms with Crippen molar-refractivity contribution in [1.82, 2.24) is 25.3 Å². The molecule has 0 saturated heterocycles. The van der Waals surface area contributed by atoms with Crippen LogP contribution in [0, 0.1) is 6.92 Å². The molecule has 1 aliphatic rings. The largest absolute Gasteiger partial charge is 0.343 e. The Morgan fingerprint density at radius 2 is 1.81 bits per heavy atom. The van der Waals surface area contributed by atoms with E-state index < -0.39 is 0 Å². The fraction of sp³-hybridized carbons (Fsp3) is 0.148. The predicted octanol–water partition coefficient (Wildman–Crippen LogP) is 5.31. The van der Waals surface area contributed by atoms with E-state index in [9.17, 15) is 0 Å². The van der Waals surface area contributed by atoms with Crippen molar-refractivity contribution in [2.45, 2.75) is 19.9 Å². The van der Waals surface area contributed by atoms with Gasteiger partial charge in [-0.05, 0) is 66.9 Å². The average molecular weight is 418 g/mol. The molecule has 5 aromatic rings. The van der Waals surface area contributed by atoms with Crippen molar-refractivity contribution in [2.24, 2.45) is 0 Å². The number of pyridine rings is 2. The van der Waals surface area contributed by atoms with Crippen LogP contribution in [0.4, 0.5) is 0 Å². The van der Waals surface area contributed by atoms with E-state index in [1.54, 1.807) is 6.33 Å². The minimum atomic E-state index is 0.896. The first-order chi connectivity index (χ1) is 15.8. The minimum Gasteiger partial charge on any atom is -0.343 e. The summed E-state index contributed by atoms with van der Waals surface area (Å²) in [6.45, 7) is 3.95. The molecular weight excluding hydrogens is 394 g/mol. The summed E-state index contributed by atoms with van der Waals surface area (Å²) in [6, 6.07) is 21.2. The molecule has 2 N–H and O–H groups in total. The van der Waals surface area contributed by atoms with Gasteiger partial charge in [0.05, 0.1) is 28.9 Å². The zero-order chi connectivity index (χ0) is 21.5. The molecule has 0 bridgehead atoms. The highest BCUT2D eigenvalue weighted by atomic mass is 14.9. The summed E-state index contributed by atoms with van der Waals surface area (Å²) in [7, 11) is 0. The lowest BCUT2D eigenvalue weighted by atomic mass is 9.92. The molecule has 0 spiro atoms. The third-order valence-corrected chi connectivity index (χ3v) is 6.20. The van der Waals surface area contributed by atoms with Gasteiger partial charge in [-0.3, -0.25) is 9.97 Å². The van der Waals surface area contributed by atoms with E-state index >= 15 is 0 Å². The maximum Gasteiger partial charge on any atom is 0.0977 e. The van der Waals surface area contributed by atoms with E-state index in [1.807, 2.05) is 31.3 Å². The third-order valence-electron chi connectivity index (χ3n) is 6.20. The normalized spacial score (nSPS) is 13.3. The Balaban J connectivity index is 1.45. The van der Waals surface area contributed by atoms with Crippen molar-refractivity contribution in [3.05, 3.63) is 90.0 Å². The molecule has 5 nitrogen and oxygen atoms in total. The molecule has 0 atom stereocenters. The van der Waals surface area contributed by atoms with Gasteiger partial charge >= 0.3 is 0 Å². The summed E-state index contributed by atoms with van der Waals surface area (Å²) in [5.41, 5.74) is 11.0. The zero-order valence-electron chi connectivity index (χ0n) is 17.9. The highest BCUT2D eigenvalue weighted by Gasteiger charge is 2.15. The Morgan fingerprint density at radius 3 is 2.75 bits per heavy atom. The van der Waals surface area contributed by atoms with E-state index in [-0.39, 0.29) is 0 Å². The van der Waals surface area contributed by atoms with Crippen LogP contribution in [0.2, 0.25) is 0 Å². The Morgan fingerprint density at radius 1 is 0.906 bits per heavy atom. The van der Waals surface area contributed by atoms with Crippen LogP contribution in [0.1, 0.15) is 16.8 Å². The first-order valence-corrected chi connectivity index (χ1v) is 11.0. The summed E-state index contributed by atoms with van der Waals surface area (Å²) >= 11 is 0. The molecule has 6 rings (SSSR count). The number of rotatable bonds is 3. The number of aryl methyl sites for hydroxylation is 1. The second-order valence-corrected chi connectivity index (χ2v) is 8.29. The number of nitrogens with zero attached hydrogens (tertiary/aromatic N) is 3. The molecular formula is C27H23N5. The van der Waals surface area contributed by atoms with Crippen molar-refractivity contribution < 1.29 is 0 Å². The predicted molar refractivity (Wildman–Crippen MR) is 128 cm³/mol. The van der Waals surface area contributed by atoms with Crippen molar-refractivity contribution in [3.63, 3.8) is 0 Å². The summed E-state index contributed by atoms with van der Waals surface area (Å²) in [5.74, 6) is 0. The fourth-order valence-corrected chi connectivity index (χ4v) is 4.60. The van der Waals surface area contributed by atoms with Crippen molar-refractivity contribution in [3.8, 4) is 33.8 Å². The van der Waals surface area contributed by atoms with Crippen molar-refractivity contribution in [2.75, 3.05) is 6.54 Å². The molecule has 0 saturated carbocycles. The molecule has 1 aliphatic heterocycles. The first-order valence-electron chi connectivity index (χ1n) is 11.0. The van der Waals surface area contributed by atoms with Gasteiger partial charge in [0, 0.05) is 34.9 Å². The van der Waals surface area contributed by atoms with Gasteiger partial charge in [0.1, 0.15) is 0 Å². The van der Waals surface area contributed by atoms with Gasteiger partial charge < -0.3 is 10.3 Å². The number of hydrogen-bond acceptors (Lipinski definition) is 4. The molecule has 0 aliphatic carbocycles. The second-order valence-electron chi connectivity index (χ2n) is 8.29. The van der Waals surface area contributed by atoms with Crippen LogP contribution < -0.4 is 5.32 Å². The van der Waals surface area contributed by atoms with Crippen molar-refractivity contribution >= 4 is 10.9 Å². The highest BCUT2D eigenvalue weighted by Crippen LogP contribution is 2.33. The number of fused-ring (bicyclic) bond motifs is 2. The summed E-state index contributed by atoms with van der Waals surface area (Å²) < 4.78 is 0. The molecule has 156 valence electrons. The summed E-state index contributed by atoms with van der Waals surface area (Å²) in [5, 5.41) is 4.61. The molecule has 5 heteroatoms. The monoisotopic (exact) mass is 417 g/mol. The maximum absolute atomic E-state index is 4.76. The van der Waals surface area contributed by atoms with Crippen LogP contribution >= 0.6 is 0 Å². The maximum atomic E-state index is 4.76. The van der Waals surface area contributed by atoms with Crippen LogP contribution in [0.3, 0.4) is 0 Å². The number of imidazole rings is 1. The van der Waals surface area contributed by atoms with Gasteiger partial charge in [-0.15, -0.1) is 0 Å². The number of aromatic amines is 1. The van der Waals surface area contributed by atoms with E-state index in [0.717, 1.165) is 64.3 Å². The highest BCUT2D eigenvalue weighted by molar-refractivity contribution is 5.89. The molecule has 0 radical (unpaired) electrons. The molecule has 2 aromatic carbocycles. The van der Waals surface area contributed by atoms with Crippen LogP contribution in [0.5, 0.6) is 0 Å². The lowest BCUT2D eigenvalue weighted by Crippen LogP contribution is -2.24. The minimum absolute atomic E-state index is 0.896. The third kappa shape index (κ3) is 3.27. The number of hydrogen-bond donors (Lipinski definition) is 2. The molecule has 0 unspecified atom stereocenters. The van der Waals surface area contributed by atoms with Gasteiger partial charge in [-0.2, -0.15) is 0 Å². The van der Waals surface area contributed by atoms with Crippen LogP contribution in [0.15, 0.2) is 73.2 Å². The van der Waals surface area contributed by atoms with Crippen LogP contribution in [0.25, 0.3) is 44.7 Å². The topological polar surface area (TPSA) is 66.5 Å². The van der Waals surface area contributed by atoms with E-state index in [0.29, 0.717) is 0 Å². The Bertz CT molecular complexity index is 1450. The Kier molecular flexibility index (Phi) is 4.55. The number of nitrogens with one attached hydrogen (secondary N) is 2. The Hall–Kier alpha value is -3.83. The molecule has 32 heavy (non-hydrogen) atoms. The zero-order valence-corrected chi connectivity index (χ0v) is 17.9. The second kappa shape index (κ2) is 7.70. The fourth-order valence-electron chi connectivity index (χ4n) is 4.60. The van der Waals surface area contributed by atoms with Crippen LogP contribution in [-0.2, 0) is 13.0 Å². The standard InChI is InChI=1S/C27H23N5/c1-17-4-2-7-25(32-17)27-26(30-16-31-27)19-8-9-24-20(12-19)13-21(14-29-24)22-6-3-5-18-10-11-28-15-23(18)22/h2-9,12-14,16,28H,10-11,15H2,1H3,(H,30,31). The lowest BCUT2D eigenvalue weighted by molar-refractivity contribution is 0.645. The van der Waals surface area contributed by atoms with E-state index in [4.69, 9.17) is 4.98 Å². The molecule has 0 fully saturated rings. The smallest absolute Gasteiger partial charge is 0.0977 e. The number of H-pyrrole nitrogens is 1. The van der Waals surface area contributed by atoms with Crippen molar-refractivity contribution in [1.29, 1.82) is 0 Å². The number of benzene rings is 2. The number of aromatic nitrogens is 4. The summed E-state index contributed by atoms with van der Waals surface area (Å²) in [6.07, 6.45) is 4.79. The quantitative estimate of drug-likeness (QED) is 0.418. The van der Waals surface area contributed by atoms with Gasteiger partial charge in [0.15, 0.2) is 0 Å². The van der Waals surface area contributed by atoms with E-state index in [2.05, 4.69) is 62.7 Å². The summed E-state index contributed by atoms with van der Waals surface area (Å²) in [4.78, 5) is 17.3. The van der Waals surface area contributed by atoms with E-state index in [1.165, 1.54) is 16.7 Å². The lowest BCUT2D eigenvalue weighted by Gasteiger charge is -2.20. The van der Waals surface area contributed by atoms with Gasteiger partial charge in [0.25, 0.3) is 0 Å². The average Bonchev–Trinajstić information content (AvgIpc) is 3.33. The first kappa shape index (κ1) is 18.9. The van der Waals surface area contributed by atoms with Gasteiger partial charge in [0.2, 0.25) is 0 Å². The molecule has 3 aromatic heterocycles. The van der Waals surface area contributed by atoms with Gasteiger partial charge in [-0.1, -0.05) is 30.3 Å². The molecule has 0 amide bonds. The SMILES string of the molecule is Cc1cccc(-c2[nH]cnc2-c2ccc3ncc(-c4cccc5c4CNCC5)cc3c2)n1. The van der Waals surface area contributed by atoms with Crippen LogP contribution in [-0.4, -0.2) is 26.5 Å².